The topological polar surface area (TPSA) is 132 Å². The second kappa shape index (κ2) is 12.7. The van der Waals surface area contributed by atoms with Gasteiger partial charge >= 0.3 is 13.7 Å². The Bertz CT molecular complexity index is 1410. The Kier molecular flexibility index (Phi) is 9.51. The molecule has 1 N–H and O–H groups in total. The van der Waals surface area contributed by atoms with Crippen molar-refractivity contribution in [2.24, 2.45) is 0 Å². The van der Waals surface area contributed by atoms with Crippen molar-refractivity contribution in [3.05, 3.63) is 70.5 Å². The first-order chi connectivity index (χ1) is 19.9. The number of hydrogen-bond donors (Lipinski definition) is 1. The van der Waals surface area contributed by atoms with Crippen molar-refractivity contribution in [3.8, 4) is 0 Å². The molecule has 1 fully saturated rings. The van der Waals surface area contributed by atoms with Crippen molar-refractivity contribution in [2.75, 3.05) is 19.9 Å². The molecule has 0 aliphatic carbocycles. The maximum atomic E-state index is 14.5. The van der Waals surface area contributed by atoms with E-state index in [1.807, 2.05) is 0 Å². The van der Waals surface area contributed by atoms with Gasteiger partial charge in [0, 0.05) is 30.6 Å². The van der Waals surface area contributed by atoms with Gasteiger partial charge in [-0.1, -0.05) is 12.1 Å². The summed E-state index contributed by atoms with van der Waals surface area (Å²) in [5.41, 5.74) is 0.549. The molecule has 0 saturated carbocycles. The number of carbonyl (C=O) groups excluding carboxylic acids is 4. The summed E-state index contributed by atoms with van der Waals surface area (Å²) in [6, 6.07) is 6.83. The lowest BCUT2D eigenvalue weighted by atomic mass is 10.0. The first-order valence-electron chi connectivity index (χ1n) is 13.1. The molecule has 15 heteroatoms. The van der Waals surface area contributed by atoms with Crippen molar-refractivity contribution in [1.82, 2.24) is 15.1 Å². The number of nitrogens with zero attached hydrogens (tertiary/aromatic N) is 2. The fraction of sp³-hybridized carbons (Fsp3) is 0.407. The molecule has 1 atom stereocenters. The van der Waals surface area contributed by atoms with Crippen LogP contribution in [0.2, 0.25) is 0 Å². The molecule has 2 aliphatic heterocycles. The molecule has 1 saturated heterocycles. The predicted molar refractivity (Wildman–Crippen MR) is 140 cm³/mol. The Labute approximate surface area is 239 Å². The van der Waals surface area contributed by atoms with Crippen LogP contribution in [0.1, 0.15) is 53.7 Å². The average Bonchev–Trinajstić information content (AvgIpc) is 3.27. The van der Waals surface area contributed by atoms with Gasteiger partial charge in [0.2, 0.25) is 5.91 Å². The minimum Gasteiger partial charge on any atom is -0.346 e. The number of imide groups is 1. The molecule has 42 heavy (non-hydrogen) atoms. The van der Waals surface area contributed by atoms with E-state index in [1.165, 1.54) is 17.0 Å². The van der Waals surface area contributed by atoms with Gasteiger partial charge in [-0.3, -0.25) is 37.6 Å². The number of carbonyl (C=O) groups is 4. The molecular formula is C27H29F3N3O8P. The average molecular weight is 612 g/mol. The standard InChI is InChI=1S/C27H29F3N3O8P/c1-3-39-42(38,40-4-2)41-16-33-23(34)12-11-22(25(33)36)32-15-18-13-17(5-10-21(18)24(32)35)14-31-26(37)27(29,30)19-6-8-20(28)9-7-19/h5-10,13,22H,3-4,11-12,14-16H2,1-2H3,(H,31,37). The number of phosphoric acid groups is 1. The van der Waals surface area contributed by atoms with Gasteiger partial charge in [-0.05, 0) is 61.7 Å². The van der Waals surface area contributed by atoms with Crippen molar-refractivity contribution in [2.45, 2.75) is 51.7 Å². The van der Waals surface area contributed by atoms with E-state index >= 15 is 0 Å². The third-order valence-electron chi connectivity index (χ3n) is 6.73. The van der Waals surface area contributed by atoms with Gasteiger partial charge in [0.05, 0.1) is 13.2 Å². The minimum absolute atomic E-state index is 0.00261. The quantitative estimate of drug-likeness (QED) is 0.283. The van der Waals surface area contributed by atoms with E-state index in [-0.39, 0.29) is 44.7 Å². The summed E-state index contributed by atoms with van der Waals surface area (Å²) in [6.45, 7) is 2.18. The van der Waals surface area contributed by atoms with Gasteiger partial charge in [-0.25, -0.2) is 8.96 Å². The SMILES string of the molecule is CCOP(=O)(OCC)OCN1C(=O)CCC(N2Cc3cc(CNC(=O)C(F)(F)c4ccc(F)cc4)ccc3C2=O)C1=O. The Morgan fingerprint density at radius 2 is 1.71 bits per heavy atom. The molecule has 2 heterocycles. The number of nitrogens with one attached hydrogen (secondary N) is 1. The van der Waals surface area contributed by atoms with Crippen LogP contribution in [0.5, 0.6) is 0 Å². The van der Waals surface area contributed by atoms with Gasteiger partial charge in [0.25, 0.3) is 17.7 Å². The molecule has 0 radical (unpaired) electrons. The lowest BCUT2D eigenvalue weighted by molar-refractivity contribution is -0.156. The highest BCUT2D eigenvalue weighted by molar-refractivity contribution is 7.48. The van der Waals surface area contributed by atoms with Gasteiger partial charge in [-0.2, -0.15) is 8.78 Å². The Hall–Kier alpha value is -3.58. The lowest BCUT2D eigenvalue weighted by Gasteiger charge is -2.35. The number of benzene rings is 2. The van der Waals surface area contributed by atoms with Gasteiger partial charge in [0.15, 0.2) is 0 Å². The molecule has 0 aromatic heterocycles. The zero-order chi connectivity index (χ0) is 30.7. The zero-order valence-corrected chi connectivity index (χ0v) is 23.7. The zero-order valence-electron chi connectivity index (χ0n) is 22.8. The van der Waals surface area contributed by atoms with E-state index in [1.54, 1.807) is 19.9 Å². The summed E-state index contributed by atoms with van der Waals surface area (Å²) < 4.78 is 70.0. The highest BCUT2D eigenvalue weighted by Crippen LogP contribution is 2.49. The number of likely N-dealkylation sites (tertiary alicyclic amines) is 1. The number of fused-ring (bicyclic) bond motifs is 1. The van der Waals surface area contributed by atoms with E-state index < -0.39 is 61.5 Å². The molecule has 2 aromatic rings. The number of alkyl halides is 2. The van der Waals surface area contributed by atoms with Crippen LogP contribution >= 0.6 is 7.82 Å². The Morgan fingerprint density at radius 1 is 1.05 bits per heavy atom. The third-order valence-corrected chi connectivity index (χ3v) is 8.31. The van der Waals surface area contributed by atoms with Crippen LogP contribution in [0.25, 0.3) is 0 Å². The number of rotatable bonds is 12. The van der Waals surface area contributed by atoms with Crippen molar-refractivity contribution < 1.29 is 50.5 Å². The molecular weight excluding hydrogens is 582 g/mol. The predicted octanol–water partition coefficient (Wildman–Crippen LogP) is 3.86. The number of phosphoric ester groups is 1. The molecule has 2 aliphatic rings. The maximum absolute atomic E-state index is 14.5. The maximum Gasteiger partial charge on any atom is 0.476 e. The smallest absolute Gasteiger partial charge is 0.346 e. The first-order valence-corrected chi connectivity index (χ1v) is 14.6. The van der Waals surface area contributed by atoms with E-state index in [4.69, 9.17) is 13.6 Å². The minimum atomic E-state index is -4.01. The van der Waals surface area contributed by atoms with Crippen LogP contribution in [0.4, 0.5) is 13.2 Å². The molecule has 11 nitrogen and oxygen atoms in total. The van der Waals surface area contributed by atoms with E-state index in [0.29, 0.717) is 11.1 Å². The molecule has 4 rings (SSSR count). The Morgan fingerprint density at radius 3 is 2.36 bits per heavy atom. The summed E-state index contributed by atoms with van der Waals surface area (Å²) in [7, 11) is -4.01. The first kappa shape index (κ1) is 31.4. The summed E-state index contributed by atoms with van der Waals surface area (Å²) in [5.74, 6) is -7.95. The molecule has 0 bridgehead atoms. The van der Waals surface area contributed by atoms with Crippen LogP contribution in [0, 0.1) is 5.82 Å². The van der Waals surface area contributed by atoms with Crippen LogP contribution < -0.4 is 5.32 Å². The molecule has 0 spiro atoms. The monoisotopic (exact) mass is 611 g/mol. The van der Waals surface area contributed by atoms with Gasteiger partial charge < -0.3 is 10.2 Å². The summed E-state index contributed by atoms with van der Waals surface area (Å²) in [5, 5.41) is 2.15. The normalized spacial score (nSPS) is 17.5. The summed E-state index contributed by atoms with van der Waals surface area (Å²) in [4.78, 5) is 53.2. The fourth-order valence-electron chi connectivity index (χ4n) is 4.64. The fourth-order valence-corrected chi connectivity index (χ4v) is 5.76. The van der Waals surface area contributed by atoms with Crippen LogP contribution in [0.3, 0.4) is 0 Å². The van der Waals surface area contributed by atoms with Crippen molar-refractivity contribution in [3.63, 3.8) is 0 Å². The van der Waals surface area contributed by atoms with E-state index in [9.17, 15) is 36.9 Å². The van der Waals surface area contributed by atoms with Crippen molar-refractivity contribution >= 4 is 31.5 Å². The number of hydrogen-bond acceptors (Lipinski definition) is 8. The lowest BCUT2D eigenvalue weighted by Crippen LogP contribution is -2.55. The number of amides is 4. The highest BCUT2D eigenvalue weighted by atomic mass is 31.2. The number of halogens is 3. The third kappa shape index (κ3) is 6.57. The second-order valence-electron chi connectivity index (χ2n) is 9.44. The van der Waals surface area contributed by atoms with Crippen LogP contribution in [-0.2, 0) is 51.5 Å². The highest BCUT2D eigenvalue weighted by Gasteiger charge is 2.44. The number of piperidine rings is 1. The summed E-state index contributed by atoms with van der Waals surface area (Å²) in [6.07, 6.45) is -0.0170. The molecule has 1 unspecified atom stereocenters. The van der Waals surface area contributed by atoms with Gasteiger partial charge in [0.1, 0.15) is 18.6 Å². The van der Waals surface area contributed by atoms with Crippen molar-refractivity contribution in [1.29, 1.82) is 0 Å². The molecule has 4 amide bonds. The molecule has 2 aromatic carbocycles. The van der Waals surface area contributed by atoms with E-state index in [0.717, 1.165) is 29.2 Å². The second-order valence-corrected chi connectivity index (χ2v) is 11.1. The van der Waals surface area contributed by atoms with Gasteiger partial charge in [-0.15, -0.1) is 0 Å². The van der Waals surface area contributed by atoms with E-state index in [2.05, 4.69) is 5.32 Å². The molecule has 226 valence electrons. The summed E-state index contributed by atoms with van der Waals surface area (Å²) >= 11 is 0. The Balaban J connectivity index is 1.41. The van der Waals surface area contributed by atoms with Crippen LogP contribution in [0.15, 0.2) is 42.5 Å². The van der Waals surface area contributed by atoms with Crippen LogP contribution in [-0.4, -0.2) is 59.4 Å². The largest absolute Gasteiger partial charge is 0.476 e.